The first-order valence-electron chi connectivity index (χ1n) is 6.70. The summed E-state index contributed by atoms with van der Waals surface area (Å²) in [4.78, 5) is 13.7. The molecule has 1 aliphatic heterocycles. The SMILES string of the molecule is CC(C)(C)OC(=O)N1CCCC(Oc2sncc2N)C1. The topological polar surface area (TPSA) is 77.7 Å². The van der Waals surface area contributed by atoms with Gasteiger partial charge < -0.3 is 20.1 Å². The lowest BCUT2D eigenvalue weighted by atomic mass is 10.1. The molecule has 0 aliphatic carbocycles. The lowest BCUT2D eigenvalue weighted by molar-refractivity contribution is 0.00828. The molecule has 0 bridgehead atoms. The zero-order valence-electron chi connectivity index (χ0n) is 12.1. The number of nitrogens with zero attached hydrogens (tertiary/aromatic N) is 2. The second-order valence-corrected chi connectivity index (χ2v) is 6.64. The Bertz CT molecular complexity index is 470. The maximum atomic E-state index is 12.0. The van der Waals surface area contributed by atoms with Gasteiger partial charge in [-0.15, -0.1) is 0 Å². The van der Waals surface area contributed by atoms with E-state index in [9.17, 15) is 4.79 Å². The fourth-order valence-corrected chi connectivity index (χ4v) is 2.60. The molecule has 2 rings (SSSR count). The van der Waals surface area contributed by atoms with Crippen LogP contribution < -0.4 is 10.5 Å². The van der Waals surface area contributed by atoms with Crippen LogP contribution in [-0.2, 0) is 4.74 Å². The van der Waals surface area contributed by atoms with Gasteiger partial charge in [-0.05, 0) is 33.6 Å². The Morgan fingerprint density at radius 2 is 2.30 bits per heavy atom. The molecule has 1 unspecified atom stereocenters. The highest BCUT2D eigenvalue weighted by Gasteiger charge is 2.29. The van der Waals surface area contributed by atoms with E-state index in [1.165, 1.54) is 11.5 Å². The van der Waals surface area contributed by atoms with E-state index >= 15 is 0 Å². The van der Waals surface area contributed by atoms with Crippen molar-refractivity contribution < 1.29 is 14.3 Å². The van der Waals surface area contributed by atoms with Crippen molar-refractivity contribution in [1.82, 2.24) is 9.27 Å². The minimum atomic E-state index is -0.479. The Kier molecular flexibility index (Phi) is 4.37. The molecule has 1 amide bonds. The molecule has 0 aromatic carbocycles. The number of rotatable bonds is 2. The fraction of sp³-hybridized carbons (Fsp3) is 0.692. The fourth-order valence-electron chi connectivity index (χ4n) is 2.00. The van der Waals surface area contributed by atoms with E-state index in [0.29, 0.717) is 23.8 Å². The van der Waals surface area contributed by atoms with Crippen molar-refractivity contribution in [1.29, 1.82) is 0 Å². The third kappa shape index (κ3) is 4.00. The number of piperidine rings is 1. The van der Waals surface area contributed by atoms with Gasteiger partial charge in [-0.2, -0.15) is 4.37 Å². The molecule has 1 aromatic heterocycles. The Balaban J connectivity index is 1.92. The van der Waals surface area contributed by atoms with E-state index in [1.807, 2.05) is 20.8 Å². The van der Waals surface area contributed by atoms with Gasteiger partial charge in [0.15, 0.2) is 0 Å². The molecule has 2 N–H and O–H groups in total. The van der Waals surface area contributed by atoms with Crippen molar-refractivity contribution in [3.63, 3.8) is 0 Å². The molecule has 0 radical (unpaired) electrons. The lowest BCUT2D eigenvalue weighted by Gasteiger charge is -2.33. The Labute approximate surface area is 123 Å². The first kappa shape index (κ1) is 14.9. The first-order valence-corrected chi connectivity index (χ1v) is 7.47. The van der Waals surface area contributed by atoms with Gasteiger partial charge in [0.2, 0.25) is 5.06 Å². The average molecular weight is 299 g/mol. The Morgan fingerprint density at radius 1 is 1.55 bits per heavy atom. The summed E-state index contributed by atoms with van der Waals surface area (Å²) in [6, 6.07) is 0. The highest BCUT2D eigenvalue weighted by atomic mass is 32.1. The first-order chi connectivity index (χ1) is 9.35. The van der Waals surface area contributed by atoms with E-state index < -0.39 is 5.60 Å². The van der Waals surface area contributed by atoms with E-state index in [4.69, 9.17) is 15.2 Å². The van der Waals surface area contributed by atoms with Crippen molar-refractivity contribution in [2.45, 2.75) is 45.3 Å². The highest BCUT2D eigenvalue weighted by Crippen LogP contribution is 2.28. The van der Waals surface area contributed by atoms with Gasteiger partial charge in [0.05, 0.1) is 12.7 Å². The molecule has 1 aliphatic rings. The third-order valence-electron chi connectivity index (χ3n) is 2.87. The zero-order chi connectivity index (χ0) is 14.8. The molecule has 1 atom stereocenters. The van der Waals surface area contributed by atoms with Crippen LogP contribution in [-0.4, -0.2) is 40.2 Å². The van der Waals surface area contributed by atoms with Crippen molar-refractivity contribution in [3.05, 3.63) is 6.20 Å². The molecule has 0 saturated carbocycles. The smallest absolute Gasteiger partial charge is 0.410 e. The van der Waals surface area contributed by atoms with Crippen LogP contribution >= 0.6 is 11.5 Å². The molecule has 2 heterocycles. The molecular formula is C13H21N3O3S. The molecule has 7 heteroatoms. The molecule has 112 valence electrons. The zero-order valence-corrected chi connectivity index (χ0v) is 12.9. The second-order valence-electron chi connectivity index (χ2n) is 5.88. The van der Waals surface area contributed by atoms with Crippen LogP contribution in [0.4, 0.5) is 10.5 Å². The predicted molar refractivity (Wildman–Crippen MR) is 78.0 cm³/mol. The summed E-state index contributed by atoms with van der Waals surface area (Å²) in [6.45, 7) is 6.81. The number of carbonyl (C=O) groups excluding carboxylic acids is 1. The third-order valence-corrected chi connectivity index (χ3v) is 3.58. The van der Waals surface area contributed by atoms with E-state index in [-0.39, 0.29) is 12.2 Å². The minimum absolute atomic E-state index is 0.0565. The molecule has 6 nitrogen and oxygen atoms in total. The van der Waals surface area contributed by atoms with Crippen LogP contribution in [0, 0.1) is 0 Å². The van der Waals surface area contributed by atoms with Crippen molar-refractivity contribution in [2.75, 3.05) is 18.8 Å². The molecule has 1 aromatic rings. The average Bonchev–Trinajstić information content (AvgIpc) is 2.73. The van der Waals surface area contributed by atoms with Gasteiger partial charge in [-0.1, -0.05) is 0 Å². The van der Waals surface area contributed by atoms with Gasteiger partial charge >= 0.3 is 6.09 Å². The van der Waals surface area contributed by atoms with E-state index in [2.05, 4.69) is 4.37 Å². The quantitative estimate of drug-likeness (QED) is 0.908. The predicted octanol–water partition coefficient (Wildman–Crippen LogP) is 2.50. The maximum Gasteiger partial charge on any atom is 0.410 e. The number of hydrogen-bond acceptors (Lipinski definition) is 6. The van der Waals surface area contributed by atoms with Crippen molar-refractivity contribution in [3.8, 4) is 5.06 Å². The summed E-state index contributed by atoms with van der Waals surface area (Å²) in [6.07, 6.45) is 3.02. The molecule has 20 heavy (non-hydrogen) atoms. The standard InChI is InChI=1S/C13H21N3O3S/c1-13(2,3)19-12(17)16-6-4-5-9(8-16)18-11-10(14)7-15-20-11/h7,9H,4-6,8,14H2,1-3H3. The van der Waals surface area contributed by atoms with Crippen LogP contribution in [0.3, 0.4) is 0 Å². The second kappa shape index (κ2) is 5.87. The Morgan fingerprint density at radius 3 is 2.90 bits per heavy atom. The summed E-state index contributed by atoms with van der Waals surface area (Å²) in [5.41, 5.74) is 5.82. The number of ether oxygens (including phenoxy) is 2. The molecule has 1 fully saturated rings. The van der Waals surface area contributed by atoms with Crippen LogP contribution in [0.25, 0.3) is 0 Å². The summed E-state index contributed by atoms with van der Waals surface area (Å²) < 4.78 is 15.2. The molecule has 1 saturated heterocycles. The van der Waals surface area contributed by atoms with E-state index in [0.717, 1.165) is 12.8 Å². The van der Waals surface area contributed by atoms with Gasteiger partial charge in [0, 0.05) is 18.1 Å². The summed E-state index contributed by atoms with van der Waals surface area (Å²) in [5.74, 6) is 0. The maximum absolute atomic E-state index is 12.0. The normalized spacial score (nSPS) is 19.8. The number of nitrogens with two attached hydrogens (primary N) is 1. The summed E-state index contributed by atoms with van der Waals surface area (Å²) >= 11 is 1.23. The highest BCUT2D eigenvalue weighted by molar-refractivity contribution is 7.08. The van der Waals surface area contributed by atoms with Gasteiger partial charge in [-0.3, -0.25) is 0 Å². The number of nitrogen functional groups attached to an aromatic ring is 1. The number of anilines is 1. The van der Waals surface area contributed by atoms with Gasteiger partial charge in [-0.25, -0.2) is 4.79 Å². The molecular weight excluding hydrogens is 278 g/mol. The van der Waals surface area contributed by atoms with Gasteiger partial charge in [0.1, 0.15) is 17.4 Å². The van der Waals surface area contributed by atoms with Crippen molar-refractivity contribution in [2.24, 2.45) is 0 Å². The number of hydrogen-bond donors (Lipinski definition) is 1. The minimum Gasteiger partial charge on any atom is -0.476 e. The largest absolute Gasteiger partial charge is 0.476 e. The Hall–Kier alpha value is -1.50. The van der Waals surface area contributed by atoms with Crippen LogP contribution in [0.2, 0.25) is 0 Å². The summed E-state index contributed by atoms with van der Waals surface area (Å²) in [7, 11) is 0. The van der Waals surface area contributed by atoms with Crippen LogP contribution in [0.5, 0.6) is 5.06 Å². The summed E-state index contributed by atoms with van der Waals surface area (Å²) in [5, 5.41) is 0.626. The lowest BCUT2D eigenvalue weighted by Crippen LogP contribution is -2.46. The number of aromatic nitrogens is 1. The number of likely N-dealkylation sites (tertiary alicyclic amines) is 1. The van der Waals surface area contributed by atoms with Crippen LogP contribution in [0.1, 0.15) is 33.6 Å². The van der Waals surface area contributed by atoms with Gasteiger partial charge in [0.25, 0.3) is 0 Å². The van der Waals surface area contributed by atoms with Crippen molar-refractivity contribution >= 4 is 23.3 Å². The van der Waals surface area contributed by atoms with Crippen LogP contribution in [0.15, 0.2) is 6.20 Å². The number of carbonyl (C=O) groups is 1. The molecule has 0 spiro atoms. The van der Waals surface area contributed by atoms with E-state index in [1.54, 1.807) is 11.1 Å². The number of amides is 1. The monoisotopic (exact) mass is 299 g/mol.